The van der Waals surface area contributed by atoms with Crippen molar-refractivity contribution in [2.24, 2.45) is 0 Å². The van der Waals surface area contributed by atoms with Gasteiger partial charge in [-0.15, -0.1) is 0 Å². The molecule has 4 heterocycles. The predicted molar refractivity (Wildman–Crippen MR) is 93.6 cm³/mol. The number of rotatable bonds is 2. The Morgan fingerprint density at radius 2 is 2.27 bits per heavy atom. The number of thioether (sulfide) groups is 1. The van der Waals surface area contributed by atoms with E-state index >= 15 is 0 Å². The summed E-state index contributed by atoms with van der Waals surface area (Å²) in [5.74, 6) is 0.425. The average Bonchev–Trinajstić information content (AvgIpc) is 3.19. The minimum atomic E-state index is -0.188. The van der Waals surface area contributed by atoms with Crippen molar-refractivity contribution < 1.29 is 9.21 Å². The van der Waals surface area contributed by atoms with Gasteiger partial charge in [-0.2, -0.15) is 11.3 Å². The molecule has 1 aliphatic rings. The first-order chi connectivity index (χ1) is 10.7. The van der Waals surface area contributed by atoms with E-state index in [4.69, 9.17) is 16.6 Å². The molecule has 7 heteroatoms. The number of hydrogen-bond acceptors (Lipinski definition) is 6. The zero-order valence-electron chi connectivity index (χ0n) is 11.0. The van der Waals surface area contributed by atoms with Crippen molar-refractivity contribution >= 4 is 62.6 Å². The molecule has 4 rings (SSSR count). The maximum Gasteiger partial charge on any atom is 0.263 e. The molecule has 3 aromatic heterocycles. The van der Waals surface area contributed by atoms with Crippen molar-refractivity contribution in [2.45, 2.75) is 0 Å². The predicted octanol–water partition coefficient (Wildman–Crippen LogP) is 4.05. The number of thiocarbonyl (C=S) groups is 1. The van der Waals surface area contributed by atoms with Crippen LogP contribution in [0.5, 0.6) is 0 Å². The minimum absolute atomic E-state index is 0.188. The van der Waals surface area contributed by atoms with Crippen molar-refractivity contribution in [3.63, 3.8) is 0 Å². The van der Waals surface area contributed by atoms with Crippen molar-refractivity contribution in [2.75, 3.05) is 0 Å². The second-order valence-electron chi connectivity index (χ2n) is 4.62. The van der Waals surface area contributed by atoms with Crippen LogP contribution in [0, 0.1) is 0 Å². The van der Waals surface area contributed by atoms with E-state index in [0.717, 1.165) is 22.1 Å². The first-order valence-electron chi connectivity index (χ1n) is 6.36. The fourth-order valence-corrected chi connectivity index (χ4v) is 3.91. The van der Waals surface area contributed by atoms with Crippen LogP contribution >= 0.6 is 35.3 Å². The highest BCUT2D eigenvalue weighted by Gasteiger charge is 2.22. The van der Waals surface area contributed by atoms with E-state index in [1.165, 1.54) is 11.8 Å². The standard InChI is InChI=1S/C15H8N2O2S3/c18-14-12(22-15(20)17-14)4-10-3-9-5-16-6-11(13(9)19-10)8-1-2-21-7-8/h1-7H,(H,17,18,20)/b12-4-. The Hall–Kier alpha value is -1.96. The first kappa shape index (κ1) is 13.7. The molecule has 0 bridgehead atoms. The number of nitrogens with zero attached hydrogens (tertiary/aromatic N) is 1. The molecule has 0 aromatic carbocycles. The SMILES string of the molecule is O=C1NC(=S)S/C1=C\c1cc2cncc(-c3ccsc3)c2o1. The van der Waals surface area contributed by atoms with Gasteiger partial charge in [0.05, 0.1) is 4.91 Å². The van der Waals surface area contributed by atoms with Gasteiger partial charge in [0.2, 0.25) is 0 Å². The lowest BCUT2D eigenvalue weighted by atomic mass is 10.1. The van der Waals surface area contributed by atoms with Gasteiger partial charge in [0.15, 0.2) is 0 Å². The van der Waals surface area contributed by atoms with Crippen LogP contribution in [0.3, 0.4) is 0 Å². The summed E-state index contributed by atoms with van der Waals surface area (Å²) in [6.07, 6.45) is 5.25. The van der Waals surface area contributed by atoms with E-state index in [1.54, 1.807) is 29.8 Å². The lowest BCUT2D eigenvalue weighted by molar-refractivity contribution is -0.115. The highest BCUT2D eigenvalue weighted by atomic mass is 32.2. The monoisotopic (exact) mass is 344 g/mol. The third-order valence-corrected chi connectivity index (χ3v) is 5.04. The van der Waals surface area contributed by atoms with Crippen LogP contribution in [0.1, 0.15) is 5.76 Å². The zero-order valence-corrected chi connectivity index (χ0v) is 13.5. The number of carbonyl (C=O) groups is 1. The molecule has 22 heavy (non-hydrogen) atoms. The molecule has 1 amide bonds. The van der Waals surface area contributed by atoms with E-state index in [2.05, 4.69) is 15.7 Å². The van der Waals surface area contributed by atoms with Crippen molar-refractivity contribution in [1.29, 1.82) is 0 Å². The molecule has 3 aromatic rings. The number of carbonyl (C=O) groups excluding carboxylic acids is 1. The number of fused-ring (bicyclic) bond motifs is 1. The van der Waals surface area contributed by atoms with Gasteiger partial charge in [0.1, 0.15) is 15.7 Å². The Bertz CT molecular complexity index is 926. The molecule has 1 saturated heterocycles. The molecule has 0 atom stereocenters. The number of amides is 1. The summed E-state index contributed by atoms with van der Waals surface area (Å²) in [5.41, 5.74) is 2.79. The van der Waals surface area contributed by atoms with E-state index in [-0.39, 0.29) is 5.91 Å². The Kier molecular flexibility index (Phi) is 3.33. The van der Waals surface area contributed by atoms with E-state index in [9.17, 15) is 4.79 Å². The minimum Gasteiger partial charge on any atom is -0.456 e. The van der Waals surface area contributed by atoms with Crippen LogP contribution in [-0.2, 0) is 4.79 Å². The second-order valence-corrected chi connectivity index (χ2v) is 7.12. The Labute approximate surface area is 139 Å². The highest BCUT2D eigenvalue weighted by Crippen LogP contribution is 2.33. The summed E-state index contributed by atoms with van der Waals surface area (Å²) in [6, 6.07) is 3.90. The average molecular weight is 344 g/mol. The van der Waals surface area contributed by atoms with Gasteiger partial charge in [-0.1, -0.05) is 24.0 Å². The largest absolute Gasteiger partial charge is 0.456 e. The van der Waals surface area contributed by atoms with Gasteiger partial charge in [0, 0.05) is 29.4 Å². The van der Waals surface area contributed by atoms with Gasteiger partial charge < -0.3 is 9.73 Å². The molecule has 4 nitrogen and oxygen atoms in total. The van der Waals surface area contributed by atoms with Crippen LogP contribution in [-0.4, -0.2) is 15.2 Å². The fourth-order valence-electron chi connectivity index (χ4n) is 2.23. The lowest BCUT2D eigenvalue weighted by Crippen LogP contribution is -2.17. The number of thiophene rings is 1. The number of nitrogens with one attached hydrogen (secondary N) is 1. The Balaban J connectivity index is 1.82. The van der Waals surface area contributed by atoms with E-state index in [0.29, 0.717) is 15.0 Å². The quantitative estimate of drug-likeness (QED) is 0.561. The summed E-state index contributed by atoms with van der Waals surface area (Å²) < 4.78 is 6.39. The zero-order chi connectivity index (χ0) is 15.1. The number of hydrogen-bond donors (Lipinski definition) is 1. The summed E-state index contributed by atoms with van der Waals surface area (Å²) in [5, 5.41) is 7.56. The van der Waals surface area contributed by atoms with Gasteiger partial charge in [-0.25, -0.2) is 0 Å². The van der Waals surface area contributed by atoms with Crippen molar-refractivity contribution in [1.82, 2.24) is 10.3 Å². The third-order valence-electron chi connectivity index (χ3n) is 3.19. The normalized spacial score (nSPS) is 16.6. The maximum absolute atomic E-state index is 11.7. The van der Waals surface area contributed by atoms with Crippen molar-refractivity contribution in [3.05, 3.63) is 46.0 Å². The van der Waals surface area contributed by atoms with Gasteiger partial charge in [0.25, 0.3) is 5.91 Å². The van der Waals surface area contributed by atoms with Crippen LogP contribution in [0.15, 0.2) is 44.6 Å². The van der Waals surface area contributed by atoms with E-state index in [1.807, 2.05) is 17.5 Å². The van der Waals surface area contributed by atoms with Crippen LogP contribution in [0.25, 0.3) is 28.2 Å². The molecule has 0 unspecified atom stereocenters. The number of pyridine rings is 1. The maximum atomic E-state index is 11.7. The molecule has 0 saturated carbocycles. The van der Waals surface area contributed by atoms with Crippen LogP contribution in [0.2, 0.25) is 0 Å². The Morgan fingerprint density at radius 1 is 1.36 bits per heavy atom. The van der Waals surface area contributed by atoms with Gasteiger partial charge >= 0.3 is 0 Å². The summed E-state index contributed by atoms with van der Waals surface area (Å²) >= 11 is 7.84. The van der Waals surface area contributed by atoms with E-state index < -0.39 is 0 Å². The molecule has 1 fully saturated rings. The lowest BCUT2D eigenvalue weighted by Gasteiger charge is -1.97. The van der Waals surface area contributed by atoms with Crippen LogP contribution in [0.4, 0.5) is 0 Å². The molecule has 108 valence electrons. The van der Waals surface area contributed by atoms with Gasteiger partial charge in [-0.3, -0.25) is 9.78 Å². The number of aromatic nitrogens is 1. The molecule has 0 aliphatic carbocycles. The number of furan rings is 1. The molecule has 0 radical (unpaired) electrons. The summed E-state index contributed by atoms with van der Waals surface area (Å²) in [7, 11) is 0. The fraction of sp³-hybridized carbons (Fsp3) is 0. The smallest absolute Gasteiger partial charge is 0.263 e. The summed E-state index contributed by atoms with van der Waals surface area (Å²) in [4.78, 5) is 16.5. The van der Waals surface area contributed by atoms with Crippen molar-refractivity contribution in [3.8, 4) is 11.1 Å². The first-order valence-corrected chi connectivity index (χ1v) is 8.52. The van der Waals surface area contributed by atoms with Gasteiger partial charge in [-0.05, 0) is 28.5 Å². The molecule has 1 aliphatic heterocycles. The van der Waals surface area contributed by atoms with Crippen LogP contribution < -0.4 is 5.32 Å². The molecule has 0 spiro atoms. The molecular weight excluding hydrogens is 336 g/mol. The molecule has 1 N–H and O–H groups in total. The highest BCUT2D eigenvalue weighted by molar-refractivity contribution is 8.26. The third kappa shape index (κ3) is 2.37. The Morgan fingerprint density at radius 3 is 3.00 bits per heavy atom. The summed E-state index contributed by atoms with van der Waals surface area (Å²) in [6.45, 7) is 0. The topological polar surface area (TPSA) is 55.1 Å². The second kappa shape index (κ2) is 5.35. The molecular formula is C15H8N2O2S3.